The van der Waals surface area contributed by atoms with Crippen LogP contribution in [0.25, 0.3) is 43.8 Å². The number of likely N-dealkylation sites (tertiary alicyclic amines) is 1. The molecule has 0 amide bonds. The molecule has 2 fully saturated rings. The van der Waals surface area contributed by atoms with E-state index in [9.17, 15) is 0 Å². The third-order valence-electron chi connectivity index (χ3n) is 8.62. The van der Waals surface area contributed by atoms with E-state index in [4.69, 9.17) is 38.0 Å². The quantitative estimate of drug-likeness (QED) is 0.254. The number of halogens is 3. The third-order valence-corrected chi connectivity index (χ3v) is 9.31. The predicted molar refractivity (Wildman–Crippen MR) is 157 cm³/mol. The molecule has 40 heavy (non-hydrogen) atoms. The second-order valence-corrected chi connectivity index (χ2v) is 11.8. The second kappa shape index (κ2) is 10.1. The lowest BCUT2D eigenvalue weighted by Gasteiger charge is -2.24. The number of aromatic nitrogens is 5. The van der Waals surface area contributed by atoms with E-state index in [0.29, 0.717) is 40.0 Å². The summed E-state index contributed by atoms with van der Waals surface area (Å²) in [5.74, 6) is -0.121. The van der Waals surface area contributed by atoms with Gasteiger partial charge in [-0.15, -0.1) is 0 Å². The van der Waals surface area contributed by atoms with Crippen molar-refractivity contribution >= 4 is 55.9 Å². The molecule has 5 aromatic rings. The molecule has 2 aliphatic rings. The van der Waals surface area contributed by atoms with Crippen LogP contribution in [0.3, 0.4) is 0 Å². The minimum Gasteiger partial charge on any atom is -0.475 e. The van der Waals surface area contributed by atoms with Gasteiger partial charge < -0.3 is 15.0 Å². The smallest absolute Gasteiger partial charge is 0.225 e. The van der Waals surface area contributed by atoms with Crippen LogP contribution in [0.1, 0.15) is 37.3 Å². The maximum absolute atomic E-state index is 16.8. The van der Waals surface area contributed by atoms with Crippen LogP contribution in [-0.2, 0) is 0 Å². The molecule has 3 aromatic heterocycles. The number of benzene rings is 2. The number of fused-ring (bicyclic) bond motifs is 4. The van der Waals surface area contributed by atoms with Gasteiger partial charge in [0, 0.05) is 33.0 Å². The minimum absolute atomic E-state index is 0.181. The Morgan fingerprint density at radius 1 is 1.05 bits per heavy atom. The highest BCUT2D eigenvalue weighted by Gasteiger charge is 2.28. The summed E-state index contributed by atoms with van der Waals surface area (Å²) < 4.78 is 25.2. The van der Waals surface area contributed by atoms with Gasteiger partial charge in [0.25, 0.3) is 0 Å². The van der Waals surface area contributed by atoms with Crippen molar-refractivity contribution in [2.24, 2.45) is 0 Å². The molecule has 0 bridgehead atoms. The minimum atomic E-state index is -0.516. The topological polar surface area (TPSA) is 83.9 Å². The van der Waals surface area contributed by atoms with Gasteiger partial charge in [-0.05, 0) is 77.0 Å². The summed E-state index contributed by atoms with van der Waals surface area (Å²) in [4.78, 5) is 7.10. The van der Waals surface area contributed by atoms with Gasteiger partial charge in [-0.3, -0.25) is 9.78 Å². The van der Waals surface area contributed by atoms with Crippen molar-refractivity contribution in [1.29, 1.82) is 0 Å². The summed E-state index contributed by atoms with van der Waals surface area (Å²) in [6.07, 6.45) is 7.52. The van der Waals surface area contributed by atoms with Crippen LogP contribution in [0.2, 0.25) is 10.0 Å². The van der Waals surface area contributed by atoms with E-state index in [-0.39, 0.29) is 22.1 Å². The Labute approximate surface area is 240 Å². The van der Waals surface area contributed by atoms with Crippen molar-refractivity contribution in [3.05, 3.63) is 46.0 Å². The molecule has 5 heterocycles. The van der Waals surface area contributed by atoms with E-state index in [2.05, 4.69) is 27.5 Å². The fourth-order valence-electron chi connectivity index (χ4n) is 6.36. The van der Waals surface area contributed by atoms with Gasteiger partial charge in [-0.2, -0.15) is 10.2 Å². The Balaban J connectivity index is 1.47. The molecule has 1 unspecified atom stereocenters. The lowest BCUT2D eigenvalue weighted by molar-refractivity contribution is 0.195. The van der Waals surface area contributed by atoms with Crippen LogP contribution in [0.15, 0.2) is 24.5 Å². The van der Waals surface area contributed by atoms with Crippen molar-refractivity contribution in [3.8, 4) is 17.0 Å². The first-order valence-electron chi connectivity index (χ1n) is 13.8. The summed E-state index contributed by atoms with van der Waals surface area (Å²) >= 11 is 13.5. The van der Waals surface area contributed by atoms with Crippen LogP contribution in [0.5, 0.6) is 5.88 Å². The lowest BCUT2D eigenvalue weighted by Crippen LogP contribution is -2.30. The van der Waals surface area contributed by atoms with Crippen molar-refractivity contribution in [3.63, 3.8) is 0 Å². The number of likely N-dealkylation sites (N-methyl/N-ethyl adjacent to an activating group) is 1. The number of nitrogens with zero attached hydrogens (tertiary/aromatic N) is 5. The molecule has 1 atom stereocenters. The number of piperidine rings is 1. The molecular formula is C29H30Cl2FN7O. The zero-order valence-electron chi connectivity index (χ0n) is 22.4. The average Bonchev–Trinajstić information content (AvgIpc) is 3.70. The van der Waals surface area contributed by atoms with Gasteiger partial charge in [0.1, 0.15) is 12.1 Å². The number of ether oxygens (including phenoxy) is 1. The number of hydrogen-bond acceptors (Lipinski definition) is 6. The number of hydrogen-bond donors (Lipinski definition) is 2. The summed E-state index contributed by atoms with van der Waals surface area (Å²) in [6.45, 7) is 5.19. The van der Waals surface area contributed by atoms with Gasteiger partial charge in [-0.1, -0.05) is 23.2 Å². The molecule has 2 aliphatic heterocycles. The summed E-state index contributed by atoms with van der Waals surface area (Å²) in [5, 5.41) is 18.2. The van der Waals surface area contributed by atoms with Crippen molar-refractivity contribution in [1.82, 2.24) is 35.2 Å². The maximum Gasteiger partial charge on any atom is 0.225 e. The molecule has 0 radical (unpaired) electrons. The molecule has 2 saturated heterocycles. The van der Waals surface area contributed by atoms with Gasteiger partial charge >= 0.3 is 0 Å². The Morgan fingerprint density at radius 2 is 1.88 bits per heavy atom. The molecule has 2 N–H and O–H groups in total. The van der Waals surface area contributed by atoms with Crippen LogP contribution >= 0.6 is 23.2 Å². The zero-order valence-corrected chi connectivity index (χ0v) is 23.9. The highest BCUT2D eigenvalue weighted by atomic mass is 35.5. The van der Waals surface area contributed by atoms with Crippen LogP contribution in [0.4, 0.5) is 4.39 Å². The molecule has 0 spiro atoms. The average molecular weight is 583 g/mol. The van der Waals surface area contributed by atoms with Crippen LogP contribution in [-0.4, -0.2) is 69.2 Å². The predicted octanol–water partition coefficient (Wildman–Crippen LogP) is 6.28. The van der Waals surface area contributed by atoms with Crippen LogP contribution in [0, 0.1) is 12.7 Å². The van der Waals surface area contributed by atoms with Gasteiger partial charge in [0.15, 0.2) is 5.82 Å². The Kier molecular flexibility index (Phi) is 6.58. The largest absolute Gasteiger partial charge is 0.475 e. The first-order chi connectivity index (χ1) is 19.4. The first-order valence-corrected chi connectivity index (χ1v) is 14.5. The zero-order chi connectivity index (χ0) is 27.5. The highest BCUT2D eigenvalue weighted by Crippen LogP contribution is 2.44. The van der Waals surface area contributed by atoms with Crippen molar-refractivity contribution < 1.29 is 9.13 Å². The summed E-state index contributed by atoms with van der Waals surface area (Å²) in [5.41, 5.74) is 3.28. The fourth-order valence-corrected chi connectivity index (χ4v) is 6.85. The van der Waals surface area contributed by atoms with E-state index < -0.39 is 5.82 Å². The van der Waals surface area contributed by atoms with E-state index in [1.807, 2.05) is 17.7 Å². The third kappa shape index (κ3) is 4.13. The Hall–Kier alpha value is -2.98. The van der Waals surface area contributed by atoms with Crippen molar-refractivity contribution in [2.45, 2.75) is 44.7 Å². The Bertz CT molecular complexity index is 1760. The molecule has 208 valence electrons. The van der Waals surface area contributed by atoms with Crippen molar-refractivity contribution in [2.75, 3.05) is 33.3 Å². The Morgan fingerprint density at radius 3 is 2.65 bits per heavy atom. The molecule has 11 heteroatoms. The molecule has 8 nitrogen and oxygen atoms in total. The number of pyridine rings is 1. The molecule has 0 saturated carbocycles. The van der Waals surface area contributed by atoms with Gasteiger partial charge in [-0.25, -0.2) is 9.37 Å². The van der Waals surface area contributed by atoms with Crippen LogP contribution < -0.4 is 10.1 Å². The molecular weight excluding hydrogens is 552 g/mol. The SMILES string of the molecule is Cc1c(Cl)cc2[nH]ncc2c1-c1c(Cl)cc2c(nc(OCC3CCCN3C)c3cnn(C4CCNCC4)c32)c1F. The van der Waals surface area contributed by atoms with E-state index in [1.54, 1.807) is 18.5 Å². The summed E-state index contributed by atoms with van der Waals surface area (Å²) in [7, 11) is 2.11. The number of H-pyrrole nitrogens is 1. The molecule has 7 rings (SSSR count). The van der Waals surface area contributed by atoms with E-state index in [0.717, 1.165) is 67.2 Å². The number of aromatic amines is 1. The second-order valence-electron chi connectivity index (χ2n) is 11.0. The number of nitrogens with one attached hydrogen (secondary N) is 2. The lowest BCUT2D eigenvalue weighted by atomic mass is 9.94. The fraction of sp³-hybridized carbons (Fsp3) is 0.414. The summed E-state index contributed by atoms with van der Waals surface area (Å²) in [6, 6.07) is 4.08. The monoisotopic (exact) mass is 581 g/mol. The van der Waals surface area contributed by atoms with Gasteiger partial charge in [0.2, 0.25) is 5.88 Å². The van der Waals surface area contributed by atoms with Gasteiger partial charge in [0.05, 0.1) is 39.9 Å². The highest BCUT2D eigenvalue weighted by molar-refractivity contribution is 6.36. The number of rotatable bonds is 5. The van der Waals surface area contributed by atoms with E-state index >= 15 is 4.39 Å². The molecule has 0 aliphatic carbocycles. The van der Waals surface area contributed by atoms with E-state index in [1.165, 1.54) is 0 Å². The standard InChI is InChI=1S/C29H30Cl2FN7O/c1-15-21(30)11-23-19(12-34-37-23)24(15)25-22(31)10-18-27(26(25)32)36-29(40-14-17-4-3-9-38(17)2)20-13-35-39(28(18)20)16-5-7-33-8-6-16/h10-13,16-17,33H,3-9,14H2,1-2H3,(H,34,37). The maximum atomic E-state index is 16.8. The normalized spacial score (nSPS) is 19.0. The first kappa shape index (κ1) is 26.0. The molecule has 2 aromatic carbocycles.